The van der Waals surface area contributed by atoms with E-state index in [9.17, 15) is 14.4 Å². The molecule has 0 spiro atoms. The molecule has 0 heterocycles. The van der Waals surface area contributed by atoms with Gasteiger partial charge in [-0.15, -0.1) is 0 Å². The van der Waals surface area contributed by atoms with E-state index in [1.165, 1.54) is 0 Å². The van der Waals surface area contributed by atoms with Crippen LogP contribution in [0.3, 0.4) is 0 Å². The summed E-state index contributed by atoms with van der Waals surface area (Å²) < 4.78 is 21.3. The van der Waals surface area contributed by atoms with Crippen molar-refractivity contribution in [1.29, 1.82) is 0 Å². The van der Waals surface area contributed by atoms with Gasteiger partial charge in [-0.3, -0.25) is 4.79 Å². The molecule has 0 radical (unpaired) electrons. The van der Waals surface area contributed by atoms with E-state index in [1.54, 1.807) is 24.3 Å². The number of carbonyl (C=O) groups is 3. The summed E-state index contributed by atoms with van der Waals surface area (Å²) in [5.74, 6) is -0.244. The molecule has 2 rings (SSSR count). The highest BCUT2D eigenvalue weighted by molar-refractivity contribution is 5.89. The number of rotatable bonds is 18. The Morgan fingerprint density at radius 3 is 1.50 bits per heavy atom. The molecular weight excluding hydrogens is 484 g/mol. The van der Waals surface area contributed by atoms with Crippen LogP contribution in [0.2, 0.25) is 0 Å². The molecule has 0 aliphatic heterocycles. The molecule has 0 aliphatic carbocycles. The summed E-state index contributed by atoms with van der Waals surface area (Å²) in [4.78, 5) is 35.7. The first kappa shape index (κ1) is 30.6. The summed E-state index contributed by atoms with van der Waals surface area (Å²) in [6, 6.07) is 14.6. The van der Waals surface area contributed by atoms with Gasteiger partial charge in [0.2, 0.25) is 0 Å². The van der Waals surface area contributed by atoms with Crippen LogP contribution in [0.15, 0.2) is 60.9 Å². The van der Waals surface area contributed by atoms with Gasteiger partial charge in [-0.05, 0) is 76.6 Å². The number of esters is 3. The smallest absolute Gasteiger partial charge is 0.338 e. The average molecular weight is 525 g/mol. The van der Waals surface area contributed by atoms with Crippen LogP contribution in [0.5, 0.6) is 0 Å². The Kier molecular flexibility index (Phi) is 14.3. The van der Waals surface area contributed by atoms with Gasteiger partial charge < -0.3 is 18.9 Å². The molecule has 0 N–H and O–H groups in total. The van der Waals surface area contributed by atoms with E-state index in [0.29, 0.717) is 55.8 Å². The largest absolute Gasteiger partial charge is 0.495 e. The van der Waals surface area contributed by atoms with Gasteiger partial charge in [0.25, 0.3) is 0 Å². The zero-order valence-electron chi connectivity index (χ0n) is 22.7. The predicted molar refractivity (Wildman–Crippen MR) is 146 cm³/mol. The molecule has 0 aromatic heterocycles. The highest BCUT2D eigenvalue weighted by Gasteiger charge is 2.08. The number of hydrogen-bond acceptors (Lipinski definition) is 7. The molecule has 206 valence electrons. The lowest BCUT2D eigenvalue weighted by Crippen LogP contribution is -2.10. The van der Waals surface area contributed by atoms with Crippen molar-refractivity contribution in [3.05, 3.63) is 83.1 Å². The first-order valence-corrected chi connectivity index (χ1v) is 13.3. The third-order valence-corrected chi connectivity index (χ3v) is 5.82. The van der Waals surface area contributed by atoms with Crippen molar-refractivity contribution in [1.82, 2.24) is 0 Å². The number of unbranched alkanes of at least 4 members (excludes halogenated alkanes) is 4. The molecule has 0 amide bonds. The SMILES string of the molecule is C=C(CCCCCOC(=O)c1ccc(C)cc1)OCCOC(=O)CCCCCOC(=O)c1ccc(C)cc1. The minimum atomic E-state index is -0.328. The maximum Gasteiger partial charge on any atom is 0.338 e. The quantitative estimate of drug-likeness (QED) is 0.0950. The second-order valence-corrected chi connectivity index (χ2v) is 9.23. The van der Waals surface area contributed by atoms with E-state index < -0.39 is 0 Å². The van der Waals surface area contributed by atoms with Gasteiger partial charge in [0, 0.05) is 12.8 Å². The van der Waals surface area contributed by atoms with Gasteiger partial charge >= 0.3 is 17.9 Å². The van der Waals surface area contributed by atoms with Gasteiger partial charge in [-0.25, -0.2) is 9.59 Å². The minimum absolute atomic E-state index is 0.182. The van der Waals surface area contributed by atoms with Crippen LogP contribution in [0.25, 0.3) is 0 Å². The summed E-state index contributed by atoms with van der Waals surface area (Å²) in [6.07, 6.45) is 5.71. The van der Waals surface area contributed by atoms with Gasteiger partial charge in [-0.2, -0.15) is 0 Å². The molecule has 0 bridgehead atoms. The van der Waals surface area contributed by atoms with Crippen LogP contribution in [0.1, 0.15) is 83.2 Å². The van der Waals surface area contributed by atoms with E-state index in [0.717, 1.165) is 36.8 Å². The Morgan fingerprint density at radius 2 is 1.00 bits per heavy atom. The Bertz CT molecular complexity index is 926. The van der Waals surface area contributed by atoms with Gasteiger partial charge in [0.05, 0.1) is 30.1 Å². The monoisotopic (exact) mass is 524 g/mol. The predicted octanol–water partition coefficient (Wildman–Crippen LogP) is 6.51. The van der Waals surface area contributed by atoms with Crippen LogP contribution in [-0.2, 0) is 23.7 Å². The molecule has 0 saturated heterocycles. The highest BCUT2D eigenvalue weighted by atomic mass is 16.6. The summed E-state index contributed by atoms with van der Waals surface area (Å²) in [5, 5.41) is 0. The average Bonchev–Trinajstić information content (AvgIpc) is 2.91. The van der Waals surface area contributed by atoms with Gasteiger partial charge in [-0.1, -0.05) is 42.0 Å². The van der Waals surface area contributed by atoms with E-state index in [2.05, 4.69) is 6.58 Å². The third-order valence-electron chi connectivity index (χ3n) is 5.82. The molecule has 0 aliphatic rings. The summed E-state index contributed by atoms with van der Waals surface area (Å²) in [7, 11) is 0. The first-order chi connectivity index (χ1) is 18.3. The molecule has 2 aromatic carbocycles. The highest BCUT2D eigenvalue weighted by Crippen LogP contribution is 2.11. The molecule has 0 fully saturated rings. The molecule has 7 nitrogen and oxygen atoms in total. The Balaban J connectivity index is 1.38. The van der Waals surface area contributed by atoms with Crippen LogP contribution in [0.4, 0.5) is 0 Å². The number of benzene rings is 2. The Hall–Kier alpha value is -3.61. The number of allylic oxidation sites excluding steroid dienone is 1. The standard InChI is InChI=1S/C31H40O7/c1-24-12-16-27(17-13-24)30(33)37-20-8-4-6-10-26(3)35-22-23-36-29(32)11-7-5-9-21-38-31(34)28-18-14-25(2)15-19-28/h12-19H,3-11,20-23H2,1-2H3. The second kappa shape index (κ2) is 17.8. The second-order valence-electron chi connectivity index (χ2n) is 9.23. The van der Waals surface area contributed by atoms with Crippen LogP contribution >= 0.6 is 0 Å². The molecular formula is C31H40O7. The normalized spacial score (nSPS) is 10.5. The van der Waals surface area contributed by atoms with Gasteiger partial charge in [0.15, 0.2) is 0 Å². The number of ether oxygens (including phenoxy) is 4. The molecule has 38 heavy (non-hydrogen) atoms. The maximum atomic E-state index is 12.0. The van der Waals surface area contributed by atoms with Crippen molar-refractivity contribution in [3.63, 3.8) is 0 Å². The molecule has 2 aromatic rings. The fourth-order valence-corrected chi connectivity index (χ4v) is 3.51. The fourth-order valence-electron chi connectivity index (χ4n) is 3.51. The lowest BCUT2D eigenvalue weighted by molar-refractivity contribution is -0.145. The van der Waals surface area contributed by atoms with Crippen LogP contribution in [-0.4, -0.2) is 44.3 Å². The van der Waals surface area contributed by atoms with E-state index in [-0.39, 0.29) is 31.1 Å². The summed E-state index contributed by atoms with van der Waals surface area (Å²) >= 11 is 0. The van der Waals surface area contributed by atoms with Crippen molar-refractivity contribution in [2.24, 2.45) is 0 Å². The van der Waals surface area contributed by atoms with Crippen LogP contribution < -0.4 is 0 Å². The first-order valence-electron chi connectivity index (χ1n) is 13.3. The summed E-state index contributed by atoms with van der Waals surface area (Å²) in [6.45, 7) is 9.00. The van der Waals surface area contributed by atoms with Crippen LogP contribution in [0, 0.1) is 13.8 Å². The third kappa shape index (κ3) is 13.1. The number of aryl methyl sites for hydroxylation is 2. The zero-order valence-corrected chi connectivity index (χ0v) is 22.7. The van der Waals surface area contributed by atoms with Crippen molar-refractivity contribution in [2.75, 3.05) is 26.4 Å². The number of carbonyl (C=O) groups excluding carboxylic acids is 3. The molecule has 0 unspecified atom stereocenters. The molecule has 0 saturated carbocycles. The van der Waals surface area contributed by atoms with E-state index >= 15 is 0 Å². The van der Waals surface area contributed by atoms with Crippen molar-refractivity contribution in [3.8, 4) is 0 Å². The number of hydrogen-bond donors (Lipinski definition) is 0. The Morgan fingerprint density at radius 1 is 0.553 bits per heavy atom. The van der Waals surface area contributed by atoms with E-state index in [4.69, 9.17) is 18.9 Å². The Labute approximate surface area is 226 Å². The zero-order chi connectivity index (χ0) is 27.6. The van der Waals surface area contributed by atoms with Gasteiger partial charge in [0.1, 0.15) is 13.2 Å². The van der Waals surface area contributed by atoms with E-state index in [1.807, 2.05) is 38.1 Å². The fraction of sp³-hybridized carbons (Fsp3) is 0.452. The van der Waals surface area contributed by atoms with Crippen molar-refractivity contribution >= 4 is 17.9 Å². The summed E-state index contributed by atoms with van der Waals surface area (Å²) in [5.41, 5.74) is 3.30. The maximum absolute atomic E-state index is 12.0. The lowest BCUT2D eigenvalue weighted by Gasteiger charge is -2.10. The molecule has 7 heteroatoms. The minimum Gasteiger partial charge on any atom is -0.495 e. The lowest BCUT2D eigenvalue weighted by atomic mass is 10.1. The topological polar surface area (TPSA) is 88.1 Å². The van der Waals surface area contributed by atoms with Crippen molar-refractivity contribution < 1.29 is 33.3 Å². The van der Waals surface area contributed by atoms with Crippen molar-refractivity contribution in [2.45, 2.75) is 65.2 Å². The molecule has 0 atom stereocenters.